The lowest BCUT2D eigenvalue weighted by Gasteiger charge is -2.23. The number of rotatable bonds is 3. The van der Waals surface area contributed by atoms with E-state index >= 15 is 0 Å². The minimum Gasteiger partial charge on any atom is -0.862 e. The van der Waals surface area contributed by atoms with Crippen LogP contribution < -0.4 is 5.11 Å². The molecule has 1 atom stereocenters. The average Bonchev–Trinajstić information content (AvgIpc) is 1.64. The molecule has 0 aromatic heterocycles. The normalized spacial score (nSPS) is 13.8. The van der Waals surface area contributed by atoms with Gasteiger partial charge in [0.25, 0.3) is 0 Å². The maximum absolute atomic E-state index is 10.5. The Morgan fingerprint density at radius 1 is 1.56 bits per heavy atom. The minimum absolute atomic E-state index is 0.0509. The first-order valence-electron chi connectivity index (χ1n) is 3.35. The first-order valence-corrected chi connectivity index (χ1v) is 3.35. The van der Waals surface area contributed by atoms with E-state index < -0.39 is 5.90 Å². The molecule has 9 heavy (non-hydrogen) atoms. The summed E-state index contributed by atoms with van der Waals surface area (Å²) in [7, 11) is 0. The van der Waals surface area contributed by atoms with Crippen LogP contribution in [-0.4, -0.2) is 5.90 Å². The van der Waals surface area contributed by atoms with Gasteiger partial charge in [-0.05, 0) is 24.2 Å². The summed E-state index contributed by atoms with van der Waals surface area (Å²) in [6.45, 7) is 5.89. The van der Waals surface area contributed by atoms with Crippen molar-refractivity contribution < 1.29 is 5.11 Å². The highest BCUT2D eigenvalue weighted by molar-refractivity contribution is 5.70. The lowest BCUT2D eigenvalue weighted by atomic mass is 9.93. The van der Waals surface area contributed by atoms with Crippen molar-refractivity contribution in [3.63, 3.8) is 0 Å². The van der Waals surface area contributed by atoms with Crippen molar-refractivity contribution in [3.8, 4) is 0 Å². The zero-order valence-electron chi connectivity index (χ0n) is 6.27. The Balaban J connectivity index is 3.83. The van der Waals surface area contributed by atoms with Crippen molar-refractivity contribution in [1.29, 1.82) is 5.41 Å². The summed E-state index contributed by atoms with van der Waals surface area (Å²) in [5.74, 6) is -0.155. The van der Waals surface area contributed by atoms with Crippen LogP contribution in [-0.2, 0) is 0 Å². The van der Waals surface area contributed by atoms with E-state index in [9.17, 15) is 5.11 Å². The zero-order chi connectivity index (χ0) is 7.44. The van der Waals surface area contributed by atoms with Crippen LogP contribution in [0.3, 0.4) is 0 Å². The van der Waals surface area contributed by atoms with Gasteiger partial charge in [0.1, 0.15) is 0 Å². The largest absolute Gasteiger partial charge is 0.862 e. The Morgan fingerprint density at radius 3 is 2.00 bits per heavy atom. The molecule has 2 heteroatoms. The fourth-order valence-electron chi connectivity index (χ4n) is 0.960. The minimum atomic E-state index is -0.424. The molecule has 0 saturated heterocycles. The fraction of sp³-hybridized carbons (Fsp3) is 0.857. The molecule has 0 fully saturated rings. The topological polar surface area (TPSA) is 46.9 Å². The Hall–Kier alpha value is -0.530. The molecule has 2 nitrogen and oxygen atoms in total. The van der Waals surface area contributed by atoms with Gasteiger partial charge in [0.15, 0.2) is 0 Å². The van der Waals surface area contributed by atoms with Crippen LogP contribution in [0.2, 0.25) is 0 Å². The van der Waals surface area contributed by atoms with Gasteiger partial charge >= 0.3 is 0 Å². The molecule has 0 radical (unpaired) electrons. The summed E-state index contributed by atoms with van der Waals surface area (Å²) in [5.41, 5.74) is 0. The van der Waals surface area contributed by atoms with Crippen molar-refractivity contribution in [2.45, 2.75) is 27.2 Å². The van der Waals surface area contributed by atoms with Gasteiger partial charge in [0.2, 0.25) is 0 Å². The van der Waals surface area contributed by atoms with Crippen LogP contribution in [0.25, 0.3) is 0 Å². The van der Waals surface area contributed by atoms with Crippen molar-refractivity contribution in [2.24, 2.45) is 11.8 Å². The lowest BCUT2D eigenvalue weighted by Crippen LogP contribution is -2.29. The third-order valence-corrected chi connectivity index (χ3v) is 1.58. The Labute approximate surface area is 56.4 Å². The van der Waals surface area contributed by atoms with Crippen LogP contribution in [0.4, 0.5) is 0 Å². The highest BCUT2D eigenvalue weighted by Crippen LogP contribution is 2.13. The standard InChI is InChI=1S/C7H15NO/c1-4-6(5(2)3)7(8)9/h5-6H,4H2,1-3H3,(H2,8,9)/p-1. The summed E-state index contributed by atoms with van der Waals surface area (Å²) in [6.07, 6.45) is 0.792. The third-order valence-electron chi connectivity index (χ3n) is 1.58. The van der Waals surface area contributed by atoms with Crippen LogP contribution in [0.5, 0.6) is 0 Å². The number of hydrogen-bond acceptors (Lipinski definition) is 2. The van der Waals surface area contributed by atoms with Gasteiger partial charge in [-0.15, -0.1) is 0 Å². The number of hydrogen-bond donors (Lipinski definition) is 1. The number of nitrogens with one attached hydrogen (secondary N) is 1. The van der Waals surface area contributed by atoms with Gasteiger partial charge < -0.3 is 10.5 Å². The van der Waals surface area contributed by atoms with Crippen LogP contribution in [0, 0.1) is 17.2 Å². The first-order chi connectivity index (χ1) is 4.09. The Morgan fingerprint density at radius 2 is 2.00 bits per heavy atom. The second kappa shape index (κ2) is 3.49. The third kappa shape index (κ3) is 2.49. The van der Waals surface area contributed by atoms with Gasteiger partial charge in [0.05, 0.1) is 0 Å². The Bertz CT molecular complexity index is 99.1. The van der Waals surface area contributed by atoms with E-state index in [1.807, 2.05) is 20.8 Å². The SMILES string of the molecule is CCC(C(=N)[O-])C(C)C. The highest BCUT2D eigenvalue weighted by atomic mass is 16.3. The summed E-state index contributed by atoms with van der Waals surface area (Å²) in [6, 6.07) is 0. The molecule has 0 amide bonds. The van der Waals surface area contributed by atoms with Crippen molar-refractivity contribution >= 4 is 5.90 Å². The molecule has 0 rings (SSSR count). The van der Waals surface area contributed by atoms with E-state index in [0.29, 0.717) is 5.92 Å². The smallest absolute Gasteiger partial charge is 0.0117 e. The van der Waals surface area contributed by atoms with Crippen molar-refractivity contribution in [2.75, 3.05) is 0 Å². The molecule has 0 spiro atoms. The molecule has 0 aliphatic carbocycles. The molecule has 0 heterocycles. The second-order valence-electron chi connectivity index (χ2n) is 2.62. The predicted molar refractivity (Wildman–Crippen MR) is 36.3 cm³/mol. The van der Waals surface area contributed by atoms with E-state index in [1.54, 1.807) is 0 Å². The van der Waals surface area contributed by atoms with E-state index in [2.05, 4.69) is 0 Å². The molecule has 0 bridgehead atoms. The summed E-state index contributed by atoms with van der Waals surface area (Å²) >= 11 is 0. The molecule has 1 N–H and O–H groups in total. The van der Waals surface area contributed by atoms with E-state index in [4.69, 9.17) is 5.41 Å². The molecule has 0 aliphatic rings. The molecular formula is C7H14NO-. The van der Waals surface area contributed by atoms with Gasteiger partial charge in [-0.1, -0.05) is 20.8 Å². The quantitative estimate of drug-likeness (QED) is 0.447. The van der Waals surface area contributed by atoms with Gasteiger partial charge in [-0.3, -0.25) is 0 Å². The van der Waals surface area contributed by atoms with E-state index in [-0.39, 0.29) is 5.92 Å². The molecular weight excluding hydrogens is 114 g/mol. The molecule has 0 aromatic carbocycles. The predicted octanol–water partition coefficient (Wildman–Crippen LogP) is 1.01. The van der Waals surface area contributed by atoms with Gasteiger partial charge in [-0.25, -0.2) is 0 Å². The highest BCUT2D eigenvalue weighted by Gasteiger charge is 2.08. The molecule has 0 saturated carbocycles. The van der Waals surface area contributed by atoms with Crippen LogP contribution in [0.1, 0.15) is 27.2 Å². The molecule has 1 unspecified atom stereocenters. The first kappa shape index (κ1) is 8.47. The monoisotopic (exact) mass is 128 g/mol. The van der Waals surface area contributed by atoms with E-state index in [1.165, 1.54) is 0 Å². The average molecular weight is 128 g/mol. The second-order valence-corrected chi connectivity index (χ2v) is 2.62. The lowest BCUT2D eigenvalue weighted by molar-refractivity contribution is -0.227. The summed E-state index contributed by atoms with van der Waals surface area (Å²) < 4.78 is 0. The van der Waals surface area contributed by atoms with Crippen LogP contribution >= 0.6 is 0 Å². The summed E-state index contributed by atoms with van der Waals surface area (Å²) in [5, 5.41) is 17.3. The van der Waals surface area contributed by atoms with Gasteiger partial charge in [0, 0.05) is 0 Å². The van der Waals surface area contributed by atoms with Crippen molar-refractivity contribution in [3.05, 3.63) is 0 Å². The van der Waals surface area contributed by atoms with Gasteiger partial charge in [-0.2, -0.15) is 0 Å². The molecule has 54 valence electrons. The fourth-order valence-corrected chi connectivity index (χ4v) is 0.960. The molecule has 0 aromatic rings. The summed E-state index contributed by atoms with van der Waals surface area (Å²) in [4.78, 5) is 0. The van der Waals surface area contributed by atoms with E-state index in [0.717, 1.165) is 6.42 Å². The maximum Gasteiger partial charge on any atom is -0.0117 e. The maximum atomic E-state index is 10.5. The zero-order valence-corrected chi connectivity index (χ0v) is 6.27. The Kier molecular flexibility index (Phi) is 3.28. The molecule has 0 aliphatic heterocycles. The van der Waals surface area contributed by atoms with Crippen molar-refractivity contribution in [1.82, 2.24) is 0 Å². The van der Waals surface area contributed by atoms with Crippen LogP contribution in [0.15, 0.2) is 0 Å².